The zero-order valence-corrected chi connectivity index (χ0v) is 17.4. The molecule has 0 saturated carbocycles. The van der Waals surface area contributed by atoms with Crippen molar-refractivity contribution >= 4 is 23.6 Å². The summed E-state index contributed by atoms with van der Waals surface area (Å²) < 4.78 is 14.7. The summed E-state index contributed by atoms with van der Waals surface area (Å²) in [6.07, 6.45) is 0. The summed E-state index contributed by atoms with van der Waals surface area (Å²) >= 11 is 1.27. The van der Waals surface area contributed by atoms with Gasteiger partial charge < -0.3 is 15.2 Å². The van der Waals surface area contributed by atoms with Gasteiger partial charge in [-0.25, -0.2) is 4.39 Å². The van der Waals surface area contributed by atoms with Crippen molar-refractivity contribution in [3.8, 4) is 0 Å². The first-order valence-corrected chi connectivity index (χ1v) is 10.3. The molecule has 7 nitrogen and oxygen atoms in total. The molecule has 0 bridgehead atoms. The molecular weight excluding hydrogens is 405 g/mol. The highest BCUT2D eigenvalue weighted by Gasteiger charge is 2.14. The molecule has 9 heteroatoms. The van der Waals surface area contributed by atoms with E-state index in [9.17, 15) is 14.0 Å². The molecule has 3 aromatic rings. The average molecular weight is 428 g/mol. The van der Waals surface area contributed by atoms with Crippen molar-refractivity contribution in [2.24, 2.45) is 7.05 Å². The number of nitrogens with zero attached hydrogens (tertiary/aromatic N) is 3. The molecule has 0 aliphatic rings. The third-order valence-corrected chi connectivity index (χ3v) is 5.47. The maximum atomic E-state index is 13.0. The lowest BCUT2D eigenvalue weighted by Gasteiger charge is -2.14. The third-order valence-electron chi connectivity index (χ3n) is 4.45. The molecular formula is C21H22FN5O2S. The molecule has 3 rings (SSSR count). The highest BCUT2D eigenvalue weighted by atomic mass is 32.2. The van der Waals surface area contributed by atoms with Crippen LogP contribution in [0.5, 0.6) is 0 Å². The maximum absolute atomic E-state index is 13.0. The molecule has 2 N–H and O–H groups in total. The molecule has 1 atom stereocenters. The Kier molecular flexibility index (Phi) is 7.18. The molecule has 0 aliphatic heterocycles. The number of rotatable bonds is 8. The number of carbonyl (C=O) groups is 2. The predicted octanol–water partition coefficient (Wildman–Crippen LogP) is 2.85. The van der Waals surface area contributed by atoms with Crippen LogP contribution in [-0.2, 0) is 18.4 Å². The monoisotopic (exact) mass is 427 g/mol. The summed E-state index contributed by atoms with van der Waals surface area (Å²) in [6.45, 7) is 2.10. The summed E-state index contributed by atoms with van der Waals surface area (Å²) in [5.74, 6) is -0.0906. The Balaban J connectivity index is 1.49. The number of carbonyl (C=O) groups excluding carboxylic acids is 2. The Morgan fingerprint density at radius 1 is 1.10 bits per heavy atom. The van der Waals surface area contributed by atoms with Crippen molar-refractivity contribution in [3.63, 3.8) is 0 Å². The number of amides is 2. The molecule has 0 saturated heterocycles. The van der Waals surface area contributed by atoms with E-state index in [2.05, 4.69) is 20.8 Å². The standard InChI is InChI=1S/C21H22FN5O2S/c1-14(15-6-4-3-5-7-15)24-19(28)13-30-21-26-25-18(27(21)2)12-23-20(29)16-8-10-17(22)11-9-16/h3-11,14H,12-13H2,1-2H3,(H,23,29)(H,24,28)/t14-/m1/s1. The van der Waals surface area contributed by atoms with Gasteiger partial charge in [0.15, 0.2) is 11.0 Å². The Morgan fingerprint density at radius 2 is 1.80 bits per heavy atom. The van der Waals surface area contributed by atoms with Crippen molar-refractivity contribution in [3.05, 3.63) is 77.4 Å². The van der Waals surface area contributed by atoms with Gasteiger partial charge in [0.25, 0.3) is 5.91 Å². The quantitative estimate of drug-likeness (QED) is 0.540. The summed E-state index contributed by atoms with van der Waals surface area (Å²) in [4.78, 5) is 24.4. The van der Waals surface area contributed by atoms with Crippen LogP contribution in [0.15, 0.2) is 59.8 Å². The van der Waals surface area contributed by atoms with Gasteiger partial charge >= 0.3 is 0 Å². The van der Waals surface area contributed by atoms with E-state index in [0.29, 0.717) is 16.5 Å². The average Bonchev–Trinajstić information content (AvgIpc) is 3.11. The van der Waals surface area contributed by atoms with Crippen molar-refractivity contribution < 1.29 is 14.0 Å². The van der Waals surface area contributed by atoms with Gasteiger partial charge in [-0.15, -0.1) is 10.2 Å². The third kappa shape index (κ3) is 5.66. The molecule has 30 heavy (non-hydrogen) atoms. The second kappa shape index (κ2) is 10.0. The molecule has 2 aromatic carbocycles. The van der Waals surface area contributed by atoms with Crippen LogP contribution in [0, 0.1) is 5.82 Å². The van der Waals surface area contributed by atoms with E-state index in [4.69, 9.17) is 0 Å². The molecule has 1 aromatic heterocycles. The number of thioether (sulfide) groups is 1. The van der Waals surface area contributed by atoms with Gasteiger partial charge in [0.2, 0.25) is 5.91 Å². The first-order valence-electron chi connectivity index (χ1n) is 9.33. The summed E-state index contributed by atoms with van der Waals surface area (Å²) in [6, 6.07) is 14.9. The zero-order valence-electron chi connectivity index (χ0n) is 16.6. The number of benzene rings is 2. The lowest BCUT2D eigenvalue weighted by atomic mass is 10.1. The number of hydrogen-bond donors (Lipinski definition) is 2. The highest BCUT2D eigenvalue weighted by Crippen LogP contribution is 2.17. The van der Waals surface area contributed by atoms with Crippen molar-refractivity contribution in [1.82, 2.24) is 25.4 Å². The zero-order chi connectivity index (χ0) is 21.5. The van der Waals surface area contributed by atoms with E-state index in [-0.39, 0.29) is 30.2 Å². The van der Waals surface area contributed by atoms with Crippen LogP contribution in [0.25, 0.3) is 0 Å². The fraction of sp³-hybridized carbons (Fsp3) is 0.238. The molecule has 0 radical (unpaired) electrons. The normalized spacial score (nSPS) is 11.7. The van der Waals surface area contributed by atoms with Crippen LogP contribution in [0.3, 0.4) is 0 Å². The molecule has 156 valence electrons. The van der Waals surface area contributed by atoms with Crippen LogP contribution in [-0.4, -0.2) is 32.3 Å². The Bertz CT molecular complexity index is 1010. The molecule has 0 fully saturated rings. The van der Waals surface area contributed by atoms with Crippen molar-refractivity contribution in [2.45, 2.75) is 24.7 Å². The highest BCUT2D eigenvalue weighted by molar-refractivity contribution is 7.99. The van der Waals surface area contributed by atoms with Gasteiger partial charge in [0.1, 0.15) is 5.82 Å². The Hall–Kier alpha value is -3.20. The lowest BCUT2D eigenvalue weighted by Crippen LogP contribution is -2.28. The minimum atomic E-state index is -0.399. The first kappa shape index (κ1) is 21.5. The number of aromatic nitrogens is 3. The van der Waals surface area contributed by atoms with Gasteiger partial charge in [0, 0.05) is 12.6 Å². The Labute approximate surface area is 178 Å². The van der Waals surface area contributed by atoms with E-state index in [1.165, 1.54) is 36.0 Å². The van der Waals surface area contributed by atoms with Gasteiger partial charge in [-0.05, 0) is 36.8 Å². The van der Waals surface area contributed by atoms with Gasteiger partial charge in [-0.1, -0.05) is 42.1 Å². The maximum Gasteiger partial charge on any atom is 0.251 e. The molecule has 0 unspecified atom stereocenters. The smallest absolute Gasteiger partial charge is 0.251 e. The largest absolute Gasteiger partial charge is 0.349 e. The topological polar surface area (TPSA) is 88.9 Å². The van der Waals surface area contributed by atoms with Crippen LogP contribution >= 0.6 is 11.8 Å². The van der Waals surface area contributed by atoms with Gasteiger partial charge in [0.05, 0.1) is 18.3 Å². The van der Waals surface area contributed by atoms with E-state index < -0.39 is 5.82 Å². The Morgan fingerprint density at radius 3 is 2.50 bits per heavy atom. The second-order valence-corrected chi connectivity index (χ2v) is 7.58. The van der Waals surface area contributed by atoms with E-state index in [1.807, 2.05) is 37.3 Å². The SMILES string of the molecule is C[C@@H](NC(=O)CSc1nnc(CNC(=O)c2ccc(F)cc2)n1C)c1ccccc1. The minimum Gasteiger partial charge on any atom is -0.349 e. The second-order valence-electron chi connectivity index (χ2n) is 6.64. The fourth-order valence-electron chi connectivity index (χ4n) is 2.73. The molecule has 0 aliphatic carbocycles. The van der Waals surface area contributed by atoms with E-state index in [1.54, 1.807) is 11.6 Å². The van der Waals surface area contributed by atoms with Crippen LogP contribution in [0.1, 0.15) is 34.7 Å². The van der Waals surface area contributed by atoms with Crippen molar-refractivity contribution in [1.29, 1.82) is 0 Å². The number of hydrogen-bond acceptors (Lipinski definition) is 5. The summed E-state index contributed by atoms with van der Waals surface area (Å²) in [5, 5.41) is 14.4. The van der Waals surface area contributed by atoms with Gasteiger partial charge in [-0.3, -0.25) is 9.59 Å². The molecule has 0 spiro atoms. The summed E-state index contributed by atoms with van der Waals surface area (Å²) in [7, 11) is 1.77. The molecule has 1 heterocycles. The van der Waals surface area contributed by atoms with Crippen LogP contribution in [0.2, 0.25) is 0 Å². The number of halogens is 1. The van der Waals surface area contributed by atoms with E-state index >= 15 is 0 Å². The van der Waals surface area contributed by atoms with Crippen LogP contribution < -0.4 is 10.6 Å². The minimum absolute atomic E-state index is 0.0870. The van der Waals surface area contributed by atoms with Crippen molar-refractivity contribution in [2.75, 3.05) is 5.75 Å². The van der Waals surface area contributed by atoms with Crippen LogP contribution in [0.4, 0.5) is 4.39 Å². The van der Waals surface area contributed by atoms with E-state index in [0.717, 1.165) is 5.56 Å². The fourth-order valence-corrected chi connectivity index (χ4v) is 3.47. The number of nitrogens with one attached hydrogen (secondary N) is 2. The van der Waals surface area contributed by atoms with Gasteiger partial charge in [-0.2, -0.15) is 0 Å². The predicted molar refractivity (Wildman–Crippen MR) is 112 cm³/mol. The first-order chi connectivity index (χ1) is 14.4. The summed E-state index contributed by atoms with van der Waals surface area (Å²) in [5.41, 5.74) is 1.39. The molecule has 2 amide bonds. The lowest BCUT2D eigenvalue weighted by molar-refractivity contribution is -0.119.